The summed E-state index contributed by atoms with van der Waals surface area (Å²) in [5.41, 5.74) is 1.19. The number of benzene rings is 2. The lowest BCUT2D eigenvalue weighted by atomic mass is 10.2. The zero-order chi connectivity index (χ0) is 22.5. The summed E-state index contributed by atoms with van der Waals surface area (Å²) in [6.07, 6.45) is 1.56. The molecule has 11 heteroatoms. The summed E-state index contributed by atoms with van der Waals surface area (Å²) in [6.45, 7) is 0.502. The first kappa shape index (κ1) is 21.6. The number of nitro groups is 1. The molecule has 32 heavy (non-hydrogen) atoms. The number of furan rings is 1. The van der Waals surface area contributed by atoms with Crippen molar-refractivity contribution >= 4 is 40.6 Å². The molecule has 1 amide bonds. The fourth-order valence-corrected chi connectivity index (χ4v) is 3.89. The molecule has 2 aromatic heterocycles. The van der Waals surface area contributed by atoms with E-state index in [1.54, 1.807) is 18.4 Å². The molecule has 162 valence electrons. The number of hydrogen-bond acceptors (Lipinski definition) is 7. The number of carbonyl (C=O) groups is 1. The van der Waals surface area contributed by atoms with Gasteiger partial charge in [-0.3, -0.25) is 19.5 Å². The lowest BCUT2D eigenvalue weighted by Crippen LogP contribution is -2.15. The van der Waals surface area contributed by atoms with Crippen LogP contribution in [0.15, 0.2) is 76.5 Å². The molecule has 0 radical (unpaired) electrons. The van der Waals surface area contributed by atoms with E-state index >= 15 is 0 Å². The molecule has 0 bridgehead atoms. The van der Waals surface area contributed by atoms with Crippen LogP contribution in [0.1, 0.15) is 5.56 Å². The average molecular weight is 470 g/mol. The van der Waals surface area contributed by atoms with Crippen molar-refractivity contribution in [1.82, 2.24) is 14.8 Å². The average Bonchev–Trinajstić information content (AvgIpc) is 3.44. The molecule has 0 aliphatic heterocycles. The number of thioether (sulfide) groups is 1. The third-order valence-electron chi connectivity index (χ3n) is 4.41. The third kappa shape index (κ3) is 4.98. The van der Waals surface area contributed by atoms with E-state index in [2.05, 4.69) is 15.5 Å². The summed E-state index contributed by atoms with van der Waals surface area (Å²) in [7, 11) is 0. The number of non-ortho nitro benzene ring substituents is 1. The van der Waals surface area contributed by atoms with Gasteiger partial charge >= 0.3 is 0 Å². The first-order chi connectivity index (χ1) is 15.5. The lowest BCUT2D eigenvalue weighted by Gasteiger charge is -2.10. The molecule has 0 saturated carbocycles. The molecule has 0 saturated heterocycles. The van der Waals surface area contributed by atoms with Gasteiger partial charge in [-0.05, 0) is 23.8 Å². The van der Waals surface area contributed by atoms with Gasteiger partial charge in [-0.15, -0.1) is 10.2 Å². The van der Waals surface area contributed by atoms with Gasteiger partial charge in [0.15, 0.2) is 10.9 Å². The van der Waals surface area contributed by atoms with Crippen LogP contribution in [0, 0.1) is 10.1 Å². The smallest absolute Gasteiger partial charge is 0.271 e. The first-order valence-corrected chi connectivity index (χ1v) is 10.7. The van der Waals surface area contributed by atoms with Crippen molar-refractivity contribution in [2.24, 2.45) is 0 Å². The molecular formula is C21H16ClN5O4S. The van der Waals surface area contributed by atoms with Crippen LogP contribution in [0.4, 0.5) is 11.4 Å². The number of nitro benzene ring substituents is 1. The van der Waals surface area contributed by atoms with Gasteiger partial charge in [-0.1, -0.05) is 53.7 Å². The predicted octanol–water partition coefficient (Wildman–Crippen LogP) is 4.88. The maximum Gasteiger partial charge on any atom is 0.271 e. The van der Waals surface area contributed by atoms with Gasteiger partial charge in [0.25, 0.3) is 5.69 Å². The topological polar surface area (TPSA) is 116 Å². The van der Waals surface area contributed by atoms with Crippen LogP contribution in [0.2, 0.25) is 5.02 Å². The highest BCUT2D eigenvalue weighted by Gasteiger charge is 2.18. The Hall–Kier alpha value is -3.63. The summed E-state index contributed by atoms with van der Waals surface area (Å²) in [6, 6.07) is 17.2. The number of halogens is 1. The quantitative estimate of drug-likeness (QED) is 0.222. The maximum absolute atomic E-state index is 12.5. The molecule has 2 heterocycles. The van der Waals surface area contributed by atoms with E-state index < -0.39 is 4.92 Å². The molecule has 0 atom stereocenters. The predicted molar refractivity (Wildman–Crippen MR) is 121 cm³/mol. The Morgan fingerprint density at radius 3 is 2.66 bits per heavy atom. The van der Waals surface area contributed by atoms with Crippen molar-refractivity contribution in [1.29, 1.82) is 0 Å². The van der Waals surface area contributed by atoms with Crippen LogP contribution in [0.3, 0.4) is 0 Å². The Morgan fingerprint density at radius 1 is 1.16 bits per heavy atom. The molecule has 0 spiro atoms. The fourth-order valence-electron chi connectivity index (χ4n) is 2.93. The number of nitrogens with one attached hydrogen (secondary N) is 1. The zero-order valence-electron chi connectivity index (χ0n) is 16.5. The summed E-state index contributed by atoms with van der Waals surface area (Å²) in [5.74, 6) is 0.834. The molecule has 4 rings (SSSR count). The molecule has 1 N–H and O–H groups in total. The highest BCUT2D eigenvalue weighted by atomic mass is 35.5. The number of aromatic nitrogens is 3. The normalized spacial score (nSPS) is 10.8. The molecule has 0 aliphatic rings. The maximum atomic E-state index is 12.5. The second kappa shape index (κ2) is 9.67. The van der Waals surface area contributed by atoms with E-state index in [1.807, 2.05) is 34.9 Å². The minimum atomic E-state index is -0.552. The molecular weight excluding hydrogens is 454 g/mol. The van der Waals surface area contributed by atoms with E-state index in [4.69, 9.17) is 16.0 Å². The highest BCUT2D eigenvalue weighted by Crippen LogP contribution is 2.28. The van der Waals surface area contributed by atoms with E-state index in [9.17, 15) is 14.9 Å². The van der Waals surface area contributed by atoms with Gasteiger partial charge in [-0.2, -0.15) is 0 Å². The van der Waals surface area contributed by atoms with Crippen LogP contribution < -0.4 is 5.32 Å². The largest absolute Gasteiger partial charge is 0.461 e. The number of carbonyl (C=O) groups excluding carboxylic acids is 1. The minimum absolute atomic E-state index is 0.0401. The van der Waals surface area contributed by atoms with E-state index in [-0.39, 0.29) is 22.4 Å². The Balaban J connectivity index is 1.49. The Kier molecular flexibility index (Phi) is 6.52. The number of rotatable bonds is 8. The van der Waals surface area contributed by atoms with Gasteiger partial charge in [0.2, 0.25) is 11.7 Å². The van der Waals surface area contributed by atoms with E-state index in [1.165, 1.54) is 30.0 Å². The van der Waals surface area contributed by atoms with Gasteiger partial charge in [-0.25, -0.2) is 0 Å². The van der Waals surface area contributed by atoms with Gasteiger partial charge in [0.1, 0.15) is 0 Å². The number of hydrogen-bond donors (Lipinski definition) is 1. The zero-order valence-corrected chi connectivity index (χ0v) is 18.0. The molecule has 2 aromatic carbocycles. The number of amides is 1. The Bertz CT molecular complexity index is 1240. The van der Waals surface area contributed by atoms with Gasteiger partial charge in [0.05, 0.1) is 34.2 Å². The van der Waals surface area contributed by atoms with Gasteiger partial charge < -0.3 is 9.73 Å². The summed E-state index contributed by atoms with van der Waals surface area (Å²) in [4.78, 5) is 22.7. The molecule has 0 unspecified atom stereocenters. The minimum Gasteiger partial charge on any atom is -0.461 e. The van der Waals surface area contributed by atoms with Crippen LogP contribution in [0.25, 0.3) is 11.6 Å². The summed E-state index contributed by atoms with van der Waals surface area (Å²) < 4.78 is 7.36. The summed E-state index contributed by atoms with van der Waals surface area (Å²) >= 11 is 7.26. The van der Waals surface area contributed by atoms with Crippen molar-refractivity contribution < 1.29 is 14.1 Å². The van der Waals surface area contributed by atoms with E-state index in [0.717, 1.165) is 5.56 Å². The Morgan fingerprint density at radius 2 is 1.97 bits per heavy atom. The second-order valence-electron chi connectivity index (χ2n) is 6.61. The fraction of sp³-hybridized carbons (Fsp3) is 0.0952. The molecule has 4 aromatic rings. The SMILES string of the molecule is O=C(CSc1nnc(-c2ccco2)n1Cc1ccccc1)Nc1ccc([N+](=O)[O-])cc1Cl. The van der Waals surface area contributed by atoms with Crippen molar-refractivity contribution in [2.45, 2.75) is 11.7 Å². The second-order valence-corrected chi connectivity index (χ2v) is 7.96. The van der Waals surface area contributed by atoms with Crippen molar-refractivity contribution in [3.63, 3.8) is 0 Å². The van der Waals surface area contributed by atoms with Crippen molar-refractivity contribution in [3.05, 3.63) is 87.6 Å². The third-order valence-corrected chi connectivity index (χ3v) is 5.69. The van der Waals surface area contributed by atoms with Crippen LogP contribution in [0.5, 0.6) is 0 Å². The van der Waals surface area contributed by atoms with Gasteiger partial charge in [0, 0.05) is 12.1 Å². The first-order valence-electron chi connectivity index (χ1n) is 9.39. The number of nitrogens with zero attached hydrogens (tertiary/aromatic N) is 4. The van der Waals surface area contributed by atoms with Crippen LogP contribution >= 0.6 is 23.4 Å². The van der Waals surface area contributed by atoms with Crippen molar-refractivity contribution in [3.8, 4) is 11.6 Å². The van der Waals surface area contributed by atoms with Crippen molar-refractivity contribution in [2.75, 3.05) is 11.1 Å². The summed E-state index contributed by atoms with van der Waals surface area (Å²) in [5, 5.41) is 22.6. The van der Waals surface area contributed by atoms with Crippen LogP contribution in [-0.4, -0.2) is 31.3 Å². The monoisotopic (exact) mass is 469 g/mol. The molecule has 0 fully saturated rings. The van der Waals surface area contributed by atoms with E-state index in [0.29, 0.717) is 29.0 Å². The number of anilines is 1. The lowest BCUT2D eigenvalue weighted by molar-refractivity contribution is -0.384. The Labute approximate surface area is 191 Å². The molecule has 9 nitrogen and oxygen atoms in total. The van der Waals surface area contributed by atoms with Crippen LogP contribution in [-0.2, 0) is 11.3 Å². The molecule has 0 aliphatic carbocycles. The highest BCUT2D eigenvalue weighted by molar-refractivity contribution is 7.99. The standard InChI is InChI=1S/C21H16ClN5O4S/c22-16-11-15(27(29)30)8-9-17(16)23-19(28)13-32-21-25-24-20(18-7-4-10-31-18)26(21)12-14-5-2-1-3-6-14/h1-11H,12-13H2,(H,23,28).